The van der Waals surface area contributed by atoms with Crippen LogP contribution in [0.4, 0.5) is 23.2 Å². The number of carbonyl (C=O) groups is 2. The first-order valence-electron chi connectivity index (χ1n) is 9.43. The maximum Gasteiger partial charge on any atom is 0.417 e. The Kier molecular flexibility index (Phi) is 6.87. The molecule has 2 N–H and O–H groups in total. The summed E-state index contributed by atoms with van der Waals surface area (Å²) in [6.07, 6.45) is -3.40. The molecule has 1 aromatic heterocycles. The Morgan fingerprint density at radius 2 is 1.70 bits per heavy atom. The highest BCUT2D eigenvalue weighted by molar-refractivity contribution is 6.39. The van der Waals surface area contributed by atoms with Crippen LogP contribution in [0.15, 0.2) is 53.6 Å². The zero-order valence-corrected chi connectivity index (χ0v) is 18.1. The fraction of sp³-hybridized carbons (Fsp3) is 0.136. The van der Waals surface area contributed by atoms with Crippen LogP contribution >= 0.6 is 11.6 Å². The third kappa shape index (κ3) is 5.58. The summed E-state index contributed by atoms with van der Waals surface area (Å²) in [7, 11) is 0. The van der Waals surface area contributed by atoms with E-state index in [1.807, 2.05) is 16.9 Å². The Morgan fingerprint density at radius 3 is 2.33 bits per heavy atom. The molecule has 0 aliphatic heterocycles. The minimum Gasteiger partial charge on any atom is -0.318 e. The van der Waals surface area contributed by atoms with E-state index in [9.17, 15) is 27.2 Å². The molecule has 0 saturated carbocycles. The predicted octanol–water partition coefficient (Wildman–Crippen LogP) is 4.99. The second-order valence-electron chi connectivity index (χ2n) is 6.98. The molecule has 0 radical (unpaired) electrons. The summed E-state index contributed by atoms with van der Waals surface area (Å²) < 4.78 is 53.8. The van der Waals surface area contributed by atoms with Crippen LogP contribution in [0, 0.1) is 19.7 Å². The second-order valence-corrected chi connectivity index (χ2v) is 7.39. The van der Waals surface area contributed by atoms with Gasteiger partial charge in [0.1, 0.15) is 5.82 Å². The van der Waals surface area contributed by atoms with E-state index in [4.69, 9.17) is 11.6 Å². The van der Waals surface area contributed by atoms with E-state index in [0.29, 0.717) is 11.6 Å². The van der Waals surface area contributed by atoms with Crippen LogP contribution in [-0.4, -0.2) is 22.6 Å². The van der Waals surface area contributed by atoms with E-state index < -0.39 is 28.6 Å². The Labute approximate surface area is 190 Å². The molecule has 2 aromatic carbocycles. The lowest BCUT2D eigenvalue weighted by molar-refractivity contribution is -0.137. The molecule has 0 unspecified atom stereocenters. The fourth-order valence-corrected chi connectivity index (χ4v) is 3.35. The number of benzene rings is 2. The van der Waals surface area contributed by atoms with Crippen LogP contribution in [0.1, 0.15) is 22.5 Å². The summed E-state index contributed by atoms with van der Waals surface area (Å²) in [4.78, 5) is 24.0. The van der Waals surface area contributed by atoms with Gasteiger partial charge in [0.25, 0.3) is 0 Å². The van der Waals surface area contributed by atoms with Gasteiger partial charge < -0.3 is 9.88 Å². The number of aryl methyl sites for hydroxylation is 1. The summed E-state index contributed by atoms with van der Waals surface area (Å²) in [6, 6.07) is 10.4. The number of alkyl halides is 3. The minimum atomic E-state index is -4.72. The van der Waals surface area contributed by atoms with Crippen molar-refractivity contribution in [2.24, 2.45) is 5.10 Å². The van der Waals surface area contributed by atoms with Crippen LogP contribution in [0.3, 0.4) is 0 Å². The number of hydrogen-bond donors (Lipinski definition) is 2. The van der Waals surface area contributed by atoms with Crippen LogP contribution < -0.4 is 10.7 Å². The summed E-state index contributed by atoms with van der Waals surface area (Å²) in [5.74, 6) is -2.75. The van der Waals surface area contributed by atoms with Gasteiger partial charge in [0.2, 0.25) is 0 Å². The third-order valence-electron chi connectivity index (χ3n) is 4.66. The number of aromatic nitrogens is 1. The molecule has 3 aromatic rings. The molecule has 11 heteroatoms. The van der Waals surface area contributed by atoms with Gasteiger partial charge in [0.05, 0.1) is 16.8 Å². The van der Waals surface area contributed by atoms with E-state index in [1.165, 1.54) is 18.3 Å². The molecule has 0 aliphatic rings. The monoisotopic (exact) mass is 480 g/mol. The molecule has 0 fully saturated rings. The number of rotatable bonds is 4. The molecule has 33 heavy (non-hydrogen) atoms. The van der Waals surface area contributed by atoms with Crippen molar-refractivity contribution in [2.45, 2.75) is 20.0 Å². The molecule has 1 heterocycles. The van der Waals surface area contributed by atoms with Gasteiger partial charge in [0, 0.05) is 28.3 Å². The number of anilines is 1. The van der Waals surface area contributed by atoms with E-state index >= 15 is 0 Å². The smallest absolute Gasteiger partial charge is 0.318 e. The summed E-state index contributed by atoms with van der Waals surface area (Å²) in [5.41, 5.74) is 3.57. The van der Waals surface area contributed by atoms with Crippen molar-refractivity contribution in [2.75, 3.05) is 5.32 Å². The van der Waals surface area contributed by atoms with Gasteiger partial charge in [-0.3, -0.25) is 9.59 Å². The zero-order chi connectivity index (χ0) is 24.3. The van der Waals surface area contributed by atoms with Crippen molar-refractivity contribution in [1.82, 2.24) is 9.99 Å². The van der Waals surface area contributed by atoms with Crippen LogP contribution in [-0.2, 0) is 15.8 Å². The van der Waals surface area contributed by atoms with E-state index in [2.05, 4.69) is 10.4 Å². The van der Waals surface area contributed by atoms with E-state index in [-0.39, 0.29) is 11.5 Å². The molecule has 0 atom stereocenters. The highest BCUT2D eigenvalue weighted by Gasteiger charge is 2.33. The Balaban J connectivity index is 1.68. The molecule has 3 rings (SSSR count). The van der Waals surface area contributed by atoms with Gasteiger partial charge in [-0.25, -0.2) is 9.82 Å². The van der Waals surface area contributed by atoms with Crippen LogP contribution in [0.2, 0.25) is 5.02 Å². The van der Waals surface area contributed by atoms with Crippen molar-refractivity contribution in [3.05, 3.63) is 81.9 Å². The predicted molar refractivity (Wildman–Crippen MR) is 116 cm³/mol. The number of nitrogens with zero attached hydrogens (tertiary/aromatic N) is 2. The molecule has 0 saturated heterocycles. The largest absolute Gasteiger partial charge is 0.417 e. The molecule has 0 bridgehead atoms. The van der Waals surface area contributed by atoms with E-state index in [0.717, 1.165) is 29.2 Å². The highest BCUT2D eigenvalue weighted by atomic mass is 35.5. The van der Waals surface area contributed by atoms with Gasteiger partial charge in [-0.1, -0.05) is 11.6 Å². The van der Waals surface area contributed by atoms with Gasteiger partial charge in [-0.05, 0) is 62.4 Å². The lowest BCUT2D eigenvalue weighted by Crippen LogP contribution is -2.32. The highest BCUT2D eigenvalue weighted by Crippen LogP contribution is 2.36. The molecule has 0 aliphatic carbocycles. The number of halogens is 5. The minimum absolute atomic E-state index is 0.251. The molecule has 2 amide bonds. The lowest BCUT2D eigenvalue weighted by Gasteiger charge is -2.11. The second kappa shape index (κ2) is 9.45. The van der Waals surface area contributed by atoms with Gasteiger partial charge >= 0.3 is 18.0 Å². The van der Waals surface area contributed by atoms with Gasteiger partial charge in [0.15, 0.2) is 0 Å². The molecule has 0 spiro atoms. The maximum absolute atomic E-state index is 13.2. The molecular weight excluding hydrogens is 464 g/mol. The third-order valence-corrected chi connectivity index (χ3v) is 4.99. The summed E-state index contributed by atoms with van der Waals surface area (Å²) >= 11 is 5.53. The van der Waals surface area contributed by atoms with Crippen molar-refractivity contribution in [3.63, 3.8) is 0 Å². The molecular formula is C22H17ClF4N4O2. The normalized spacial score (nSPS) is 11.6. The first-order valence-corrected chi connectivity index (χ1v) is 9.81. The van der Waals surface area contributed by atoms with Crippen molar-refractivity contribution < 1.29 is 27.2 Å². The van der Waals surface area contributed by atoms with Crippen LogP contribution in [0.5, 0.6) is 0 Å². The topological polar surface area (TPSA) is 75.5 Å². The Bertz CT molecular complexity index is 1230. The van der Waals surface area contributed by atoms with Crippen molar-refractivity contribution in [1.29, 1.82) is 0 Å². The molecule has 6 nitrogen and oxygen atoms in total. The SMILES string of the molecule is Cc1cc(/C=N\NC(=O)C(=O)Nc2ccc(Cl)c(C(F)(F)F)c2)c(C)n1-c1ccc(F)cc1. The number of nitrogens with one attached hydrogen (secondary N) is 2. The van der Waals surface area contributed by atoms with Crippen molar-refractivity contribution in [3.8, 4) is 5.69 Å². The van der Waals surface area contributed by atoms with Gasteiger partial charge in [-0.15, -0.1) is 0 Å². The average Bonchev–Trinajstić information content (AvgIpc) is 3.02. The zero-order valence-electron chi connectivity index (χ0n) is 17.3. The number of carbonyl (C=O) groups excluding carboxylic acids is 2. The van der Waals surface area contributed by atoms with E-state index in [1.54, 1.807) is 25.1 Å². The lowest BCUT2D eigenvalue weighted by atomic mass is 10.2. The first kappa shape index (κ1) is 24.0. The quantitative estimate of drug-likeness (QED) is 0.239. The maximum atomic E-state index is 13.2. The van der Waals surface area contributed by atoms with Crippen LogP contribution in [0.25, 0.3) is 5.69 Å². The summed E-state index contributed by atoms with van der Waals surface area (Å²) in [5, 5.41) is 5.27. The number of amides is 2. The summed E-state index contributed by atoms with van der Waals surface area (Å²) in [6.45, 7) is 3.63. The standard InChI is InChI=1S/C22H17ClF4N4O2/c1-12-9-14(13(2)31(12)17-6-3-15(24)4-7-17)11-28-30-21(33)20(32)29-16-5-8-19(23)18(10-16)22(25,26)27/h3-11H,1-2H3,(H,29,32)(H,30,33)/b28-11-. The Morgan fingerprint density at radius 1 is 1.03 bits per heavy atom. The Hall–Kier alpha value is -3.66. The first-order chi connectivity index (χ1) is 15.5. The van der Waals surface area contributed by atoms with Gasteiger partial charge in [-0.2, -0.15) is 18.3 Å². The average molecular weight is 481 g/mol. The van der Waals surface area contributed by atoms with Crippen molar-refractivity contribution >= 4 is 35.3 Å². The number of hydrazone groups is 1. The number of hydrogen-bond acceptors (Lipinski definition) is 3. The molecule has 172 valence electrons. The fourth-order valence-electron chi connectivity index (χ4n) is 3.13.